The van der Waals surface area contributed by atoms with Gasteiger partial charge in [0.2, 0.25) is 5.91 Å². The van der Waals surface area contributed by atoms with Crippen molar-refractivity contribution < 1.29 is 19.2 Å². The Hall–Kier alpha value is -2.19. The molecule has 0 heterocycles. The van der Waals surface area contributed by atoms with E-state index in [-0.39, 0.29) is 34.2 Å². The molecule has 0 saturated heterocycles. The van der Waals surface area contributed by atoms with Crippen LogP contribution in [-0.4, -0.2) is 42.0 Å². The van der Waals surface area contributed by atoms with Gasteiger partial charge in [-0.05, 0) is 38.3 Å². The monoisotopic (exact) mass is 399 g/mol. The van der Waals surface area contributed by atoms with E-state index in [1.54, 1.807) is 13.8 Å². The number of nitrogens with zero attached hydrogens (tertiary/aromatic N) is 1. The van der Waals surface area contributed by atoms with Crippen molar-refractivity contribution in [2.45, 2.75) is 46.3 Å². The number of carbonyl (C=O) groups is 2. The number of hydrogen-bond donors (Lipinski definition) is 2. The van der Waals surface area contributed by atoms with Gasteiger partial charge in [0.05, 0.1) is 11.0 Å². The van der Waals surface area contributed by atoms with Crippen LogP contribution < -0.4 is 10.6 Å². The van der Waals surface area contributed by atoms with Crippen LogP contribution in [0.5, 0.6) is 0 Å². The Labute approximate surface area is 163 Å². The fourth-order valence-electron chi connectivity index (χ4n) is 2.27. The van der Waals surface area contributed by atoms with Crippen LogP contribution in [0.25, 0.3) is 0 Å². The third-order valence-corrected chi connectivity index (χ3v) is 4.03. The molecule has 1 aromatic rings. The van der Waals surface area contributed by atoms with Gasteiger partial charge < -0.3 is 15.4 Å². The zero-order valence-electron chi connectivity index (χ0n) is 16.0. The van der Waals surface area contributed by atoms with Crippen LogP contribution in [0.2, 0.25) is 5.02 Å². The van der Waals surface area contributed by atoms with Crippen LogP contribution in [0.4, 0.5) is 5.69 Å². The van der Waals surface area contributed by atoms with E-state index in [4.69, 9.17) is 16.3 Å². The average Bonchev–Trinajstić information content (AvgIpc) is 2.58. The van der Waals surface area contributed by atoms with Crippen molar-refractivity contribution in [3.05, 3.63) is 38.9 Å². The van der Waals surface area contributed by atoms with Crippen molar-refractivity contribution in [2.24, 2.45) is 5.92 Å². The van der Waals surface area contributed by atoms with Gasteiger partial charge in [0, 0.05) is 24.8 Å². The molecule has 0 radical (unpaired) electrons. The van der Waals surface area contributed by atoms with Gasteiger partial charge in [-0.15, -0.1) is 0 Å². The highest BCUT2D eigenvalue weighted by Crippen LogP contribution is 2.25. The summed E-state index contributed by atoms with van der Waals surface area (Å²) >= 11 is 5.76. The molecular formula is C18H26ClN3O5. The van der Waals surface area contributed by atoms with Crippen molar-refractivity contribution in [1.29, 1.82) is 0 Å². The van der Waals surface area contributed by atoms with Crippen molar-refractivity contribution in [2.75, 3.05) is 13.2 Å². The molecule has 8 nitrogen and oxygen atoms in total. The second kappa shape index (κ2) is 10.8. The molecule has 27 heavy (non-hydrogen) atoms. The molecule has 150 valence electrons. The fourth-order valence-corrected chi connectivity index (χ4v) is 2.45. The normalized spacial score (nSPS) is 12.1. The minimum atomic E-state index is -0.766. The second-order valence-corrected chi connectivity index (χ2v) is 7.09. The SMILES string of the molecule is CC(C)OCCCNC(=O)C(NC(=O)c1ccc(Cl)c([N+](=O)[O-])c1)C(C)C. The molecule has 1 atom stereocenters. The predicted molar refractivity (Wildman–Crippen MR) is 103 cm³/mol. The highest BCUT2D eigenvalue weighted by Gasteiger charge is 2.25. The van der Waals surface area contributed by atoms with E-state index < -0.39 is 16.9 Å². The Morgan fingerprint density at radius 2 is 1.93 bits per heavy atom. The lowest BCUT2D eigenvalue weighted by molar-refractivity contribution is -0.384. The fraction of sp³-hybridized carbons (Fsp3) is 0.556. The lowest BCUT2D eigenvalue weighted by Crippen LogP contribution is -2.50. The van der Waals surface area contributed by atoms with Crippen molar-refractivity contribution in [3.63, 3.8) is 0 Å². The van der Waals surface area contributed by atoms with Crippen molar-refractivity contribution >= 4 is 29.1 Å². The summed E-state index contributed by atoms with van der Waals surface area (Å²) in [5.41, 5.74) is -0.296. The molecule has 0 aliphatic heterocycles. The van der Waals surface area contributed by atoms with Crippen molar-refractivity contribution in [3.8, 4) is 0 Å². The molecule has 0 aliphatic carbocycles. The standard InChI is InChI=1S/C18H26ClN3O5/c1-11(2)16(18(24)20-8-5-9-27-12(3)4)21-17(23)13-6-7-14(19)15(10-13)22(25)26/h6-7,10-12,16H,5,8-9H2,1-4H3,(H,20,24)(H,21,23). The first-order valence-corrected chi connectivity index (χ1v) is 9.15. The van der Waals surface area contributed by atoms with Gasteiger partial charge in [0.1, 0.15) is 11.1 Å². The first-order valence-electron chi connectivity index (χ1n) is 8.77. The van der Waals surface area contributed by atoms with E-state index in [1.165, 1.54) is 12.1 Å². The summed E-state index contributed by atoms with van der Waals surface area (Å²) in [6.07, 6.45) is 0.790. The van der Waals surface area contributed by atoms with E-state index in [0.29, 0.717) is 19.6 Å². The summed E-state index contributed by atoms with van der Waals surface area (Å²) in [6.45, 7) is 8.43. The topological polar surface area (TPSA) is 111 Å². The summed E-state index contributed by atoms with van der Waals surface area (Å²) < 4.78 is 5.41. The van der Waals surface area contributed by atoms with E-state index in [0.717, 1.165) is 6.07 Å². The summed E-state index contributed by atoms with van der Waals surface area (Å²) in [6, 6.07) is 2.99. The number of halogens is 1. The number of ether oxygens (including phenoxy) is 1. The summed E-state index contributed by atoms with van der Waals surface area (Å²) in [7, 11) is 0. The van der Waals surface area contributed by atoms with Gasteiger partial charge in [-0.3, -0.25) is 19.7 Å². The van der Waals surface area contributed by atoms with E-state index in [9.17, 15) is 19.7 Å². The zero-order chi connectivity index (χ0) is 20.6. The molecule has 0 aromatic heterocycles. The number of carbonyl (C=O) groups excluding carboxylic acids is 2. The number of nitro benzene ring substituents is 1. The van der Waals surface area contributed by atoms with Crippen LogP contribution >= 0.6 is 11.6 Å². The molecule has 1 unspecified atom stereocenters. The molecule has 0 aliphatic rings. The maximum Gasteiger partial charge on any atom is 0.288 e. The molecule has 0 spiro atoms. The van der Waals surface area contributed by atoms with Gasteiger partial charge in [-0.1, -0.05) is 25.4 Å². The zero-order valence-corrected chi connectivity index (χ0v) is 16.7. The maximum atomic E-state index is 12.4. The van der Waals surface area contributed by atoms with Crippen LogP contribution in [0.15, 0.2) is 18.2 Å². The van der Waals surface area contributed by atoms with Gasteiger partial charge in [0.25, 0.3) is 11.6 Å². The Morgan fingerprint density at radius 1 is 1.26 bits per heavy atom. The van der Waals surface area contributed by atoms with Crippen LogP contribution in [0.1, 0.15) is 44.5 Å². The lowest BCUT2D eigenvalue weighted by atomic mass is 10.0. The minimum absolute atomic E-state index is 0.0571. The van der Waals surface area contributed by atoms with Crippen LogP contribution in [0, 0.1) is 16.0 Å². The molecular weight excluding hydrogens is 374 g/mol. The third kappa shape index (κ3) is 7.52. The largest absolute Gasteiger partial charge is 0.379 e. The molecule has 1 rings (SSSR count). The average molecular weight is 400 g/mol. The summed E-state index contributed by atoms with van der Waals surface area (Å²) in [5.74, 6) is -1.05. The molecule has 0 bridgehead atoms. The minimum Gasteiger partial charge on any atom is -0.379 e. The molecule has 9 heteroatoms. The van der Waals surface area contributed by atoms with E-state index in [2.05, 4.69) is 10.6 Å². The number of hydrogen-bond acceptors (Lipinski definition) is 5. The number of amides is 2. The number of nitrogens with one attached hydrogen (secondary N) is 2. The Bertz CT molecular complexity index is 679. The van der Waals surface area contributed by atoms with E-state index in [1.807, 2.05) is 13.8 Å². The molecule has 1 aromatic carbocycles. The van der Waals surface area contributed by atoms with Crippen molar-refractivity contribution in [1.82, 2.24) is 10.6 Å². The molecule has 2 amide bonds. The van der Waals surface area contributed by atoms with Crippen LogP contribution in [0.3, 0.4) is 0 Å². The maximum absolute atomic E-state index is 12.4. The number of rotatable bonds is 10. The third-order valence-electron chi connectivity index (χ3n) is 3.71. The lowest BCUT2D eigenvalue weighted by Gasteiger charge is -2.22. The molecule has 2 N–H and O–H groups in total. The smallest absolute Gasteiger partial charge is 0.288 e. The second-order valence-electron chi connectivity index (χ2n) is 6.68. The highest BCUT2D eigenvalue weighted by atomic mass is 35.5. The first kappa shape index (κ1) is 22.9. The number of benzene rings is 1. The summed E-state index contributed by atoms with van der Waals surface area (Å²) in [4.78, 5) is 35.1. The molecule has 0 fully saturated rings. The Morgan fingerprint density at radius 3 is 2.48 bits per heavy atom. The van der Waals surface area contributed by atoms with Gasteiger partial charge in [0.15, 0.2) is 0 Å². The Balaban J connectivity index is 2.71. The van der Waals surface area contributed by atoms with E-state index >= 15 is 0 Å². The van der Waals surface area contributed by atoms with Gasteiger partial charge >= 0.3 is 0 Å². The quantitative estimate of drug-likeness (QED) is 0.357. The van der Waals surface area contributed by atoms with Gasteiger partial charge in [-0.2, -0.15) is 0 Å². The highest BCUT2D eigenvalue weighted by molar-refractivity contribution is 6.32. The predicted octanol–water partition coefficient (Wildman–Crippen LogP) is 2.93. The van der Waals surface area contributed by atoms with Crippen LogP contribution in [-0.2, 0) is 9.53 Å². The Kier molecular flexibility index (Phi) is 9.17. The first-order chi connectivity index (χ1) is 12.6. The summed E-state index contributed by atoms with van der Waals surface area (Å²) in [5, 5.41) is 16.3. The number of nitro groups is 1. The van der Waals surface area contributed by atoms with Gasteiger partial charge in [-0.25, -0.2) is 0 Å². The molecule has 0 saturated carbocycles.